The molecule has 0 radical (unpaired) electrons. The van der Waals surface area contributed by atoms with Gasteiger partial charge in [0.1, 0.15) is 0 Å². The Labute approximate surface area is 106 Å². The summed E-state index contributed by atoms with van der Waals surface area (Å²) in [5.41, 5.74) is 3.27. The van der Waals surface area contributed by atoms with Crippen molar-refractivity contribution in [2.24, 2.45) is 0 Å². The first-order chi connectivity index (χ1) is 7.70. The molecule has 0 spiro atoms. The summed E-state index contributed by atoms with van der Waals surface area (Å²) in [5.74, 6) is 0.704. The number of benzene rings is 1. The van der Waals surface area contributed by atoms with E-state index in [0.717, 1.165) is 22.0 Å². The fourth-order valence-electron chi connectivity index (χ4n) is 1.87. The Bertz CT molecular complexity index is 449. The summed E-state index contributed by atoms with van der Waals surface area (Å²) in [6.07, 6.45) is 4.26. The molecule has 1 aromatic carbocycles. The first kappa shape index (κ1) is 11.6. The van der Waals surface area contributed by atoms with Crippen LogP contribution in [0.1, 0.15) is 18.4 Å². The number of alkyl halides is 1. The maximum Gasteiger partial charge on any atom is 0.0622 e. The van der Waals surface area contributed by atoms with Crippen LogP contribution in [0.3, 0.4) is 0 Å². The van der Waals surface area contributed by atoms with Gasteiger partial charge in [0.15, 0.2) is 0 Å². The van der Waals surface area contributed by atoms with Crippen LogP contribution < -0.4 is 5.32 Å². The normalized spacial score (nSPS) is 19.8. The lowest BCUT2D eigenvalue weighted by molar-refractivity contribution is 0.872. The van der Waals surface area contributed by atoms with E-state index in [2.05, 4.69) is 17.5 Å². The van der Waals surface area contributed by atoms with Gasteiger partial charge in [-0.15, -0.1) is 11.6 Å². The molecule has 16 heavy (non-hydrogen) atoms. The Morgan fingerprint density at radius 3 is 2.69 bits per heavy atom. The quantitative estimate of drug-likeness (QED) is 0.785. The highest BCUT2D eigenvalue weighted by Crippen LogP contribution is 2.30. The summed E-state index contributed by atoms with van der Waals surface area (Å²) in [7, 11) is 0. The summed E-state index contributed by atoms with van der Waals surface area (Å²) < 4.78 is 0. The molecular weight excluding hydrogens is 241 g/mol. The zero-order chi connectivity index (χ0) is 11.5. The SMILES string of the molecule is CC1=CC(c2ccccc2Cl)C=C(CCl)N1. The second-order valence-electron chi connectivity index (χ2n) is 3.85. The molecule has 0 amide bonds. The van der Waals surface area contributed by atoms with Gasteiger partial charge in [-0.1, -0.05) is 42.0 Å². The van der Waals surface area contributed by atoms with Crippen molar-refractivity contribution >= 4 is 23.2 Å². The predicted molar refractivity (Wildman–Crippen MR) is 69.9 cm³/mol. The third-order valence-electron chi connectivity index (χ3n) is 2.58. The van der Waals surface area contributed by atoms with E-state index in [0.29, 0.717) is 5.88 Å². The smallest absolute Gasteiger partial charge is 0.0622 e. The molecular formula is C13H13Cl2N. The van der Waals surface area contributed by atoms with E-state index in [1.165, 1.54) is 0 Å². The van der Waals surface area contributed by atoms with Gasteiger partial charge in [-0.2, -0.15) is 0 Å². The van der Waals surface area contributed by atoms with E-state index >= 15 is 0 Å². The molecule has 0 bridgehead atoms. The zero-order valence-corrected chi connectivity index (χ0v) is 10.5. The molecule has 0 saturated heterocycles. The number of rotatable bonds is 2. The number of hydrogen-bond donors (Lipinski definition) is 1. The third-order valence-corrected chi connectivity index (χ3v) is 3.21. The van der Waals surface area contributed by atoms with Gasteiger partial charge < -0.3 is 5.32 Å². The zero-order valence-electron chi connectivity index (χ0n) is 9.00. The maximum absolute atomic E-state index is 6.18. The highest BCUT2D eigenvalue weighted by Gasteiger charge is 2.14. The topological polar surface area (TPSA) is 12.0 Å². The van der Waals surface area contributed by atoms with Gasteiger partial charge in [0.2, 0.25) is 0 Å². The minimum Gasteiger partial charge on any atom is -0.362 e. The molecule has 0 aromatic heterocycles. The molecule has 1 aromatic rings. The van der Waals surface area contributed by atoms with Crippen molar-refractivity contribution in [2.75, 3.05) is 5.88 Å². The molecule has 84 valence electrons. The van der Waals surface area contributed by atoms with Crippen molar-refractivity contribution in [2.45, 2.75) is 12.8 Å². The molecule has 3 heteroatoms. The van der Waals surface area contributed by atoms with Gasteiger partial charge in [-0.25, -0.2) is 0 Å². The molecule has 1 heterocycles. The van der Waals surface area contributed by atoms with Gasteiger partial charge in [0.05, 0.1) is 5.88 Å². The lowest BCUT2D eigenvalue weighted by Gasteiger charge is -2.21. The summed E-state index contributed by atoms with van der Waals surface area (Å²) in [6.45, 7) is 2.03. The largest absolute Gasteiger partial charge is 0.362 e. The Morgan fingerprint density at radius 1 is 1.25 bits per heavy atom. The first-order valence-electron chi connectivity index (χ1n) is 5.17. The highest BCUT2D eigenvalue weighted by molar-refractivity contribution is 6.31. The fraction of sp³-hybridized carbons (Fsp3) is 0.231. The van der Waals surface area contributed by atoms with Crippen molar-refractivity contribution < 1.29 is 0 Å². The van der Waals surface area contributed by atoms with Crippen molar-refractivity contribution in [3.8, 4) is 0 Å². The minimum absolute atomic E-state index is 0.212. The van der Waals surface area contributed by atoms with Crippen LogP contribution in [0.4, 0.5) is 0 Å². The summed E-state index contributed by atoms with van der Waals surface area (Å²) >= 11 is 12.0. The van der Waals surface area contributed by atoms with E-state index in [1.807, 2.05) is 31.2 Å². The summed E-state index contributed by atoms with van der Waals surface area (Å²) in [5, 5.41) is 4.03. The second kappa shape index (κ2) is 4.94. The van der Waals surface area contributed by atoms with Crippen molar-refractivity contribution in [1.29, 1.82) is 0 Å². The Balaban J connectivity index is 2.37. The second-order valence-corrected chi connectivity index (χ2v) is 4.52. The fourth-order valence-corrected chi connectivity index (χ4v) is 2.29. The number of halogens is 2. The molecule has 0 fully saturated rings. The van der Waals surface area contributed by atoms with E-state index in [1.54, 1.807) is 0 Å². The summed E-state index contributed by atoms with van der Waals surface area (Å²) in [6, 6.07) is 7.90. The van der Waals surface area contributed by atoms with Crippen molar-refractivity contribution in [1.82, 2.24) is 5.32 Å². The third kappa shape index (κ3) is 2.42. The van der Waals surface area contributed by atoms with Gasteiger partial charge in [-0.3, -0.25) is 0 Å². The van der Waals surface area contributed by atoms with Crippen LogP contribution in [0, 0.1) is 0 Å². The highest BCUT2D eigenvalue weighted by atomic mass is 35.5. The van der Waals surface area contributed by atoms with Crippen LogP contribution in [0.5, 0.6) is 0 Å². The van der Waals surface area contributed by atoms with Gasteiger partial charge in [0, 0.05) is 22.3 Å². The molecule has 1 unspecified atom stereocenters. The lowest BCUT2D eigenvalue weighted by Crippen LogP contribution is -2.18. The molecule has 1 aliphatic rings. The number of dihydropyridines is 1. The van der Waals surface area contributed by atoms with Gasteiger partial charge in [-0.05, 0) is 18.6 Å². The molecule has 0 saturated carbocycles. The van der Waals surface area contributed by atoms with E-state index in [-0.39, 0.29) is 5.92 Å². The number of hydrogen-bond acceptors (Lipinski definition) is 1. The van der Waals surface area contributed by atoms with E-state index < -0.39 is 0 Å². The van der Waals surface area contributed by atoms with Crippen LogP contribution in [-0.2, 0) is 0 Å². The molecule has 0 aliphatic carbocycles. The van der Waals surface area contributed by atoms with Crippen LogP contribution in [-0.4, -0.2) is 5.88 Å². The number of nitrogens with one attached hydrogen (secondary N) is 1. The average molecular weight is 254 g/mol. The van der Waals surface area contributed by atoms with E-state index in [4.69, 9.17) is 23.2 Å². The molecule has 2 rings (SSSR count). The van der Waals surface area contributed by atoms with Gasteiger partial charge in [0.25, 0.3) is 0 Å². The number of allylic oxidation sites excluding steroid dienone is 4. The molecule has 1 N–H and O–H groups in total. The molecule has 1 atom stereocenters. The first-order valence-corrected chi connectivity index (χ1v) is 6.08. The van der Waals surface area contributed by atoms with E-state index in [9.17, 15) is 0 Å². The Hall–Kier alpha value is -0.920. The average Bonchev–Trinajstić information content (AvgIpc) is 2.28. The maximum atomic E-state index is 6.18. The molecule has 1 nitrogen and oxygen atoms in total. The van der Waals surface area contributed by atoms with Crippen molar-refractivity contribution in [3.63, 3.8) is 0 Å². The predicted octanol–water partition coefficient (Wildman–Crippen LogP) is 4.05. The summed E-state index contributed by atoms with van der Waals surface area (Å²) in [4.78, 5) is 0. The standard InChI is InChI=1S/C13H13Cl2N/c1-9-6-10(7-11(8-14)16-9)12-4-2-3-5-13(12)15/h2-7,10,16H,8H2,1H3. The monoisotopic (exact) mass is 253 g/mol. The minimum atomic E-state index is 0.212. The van der Waals surface area contributed by atoms with Crippen LogP contribution in [0.2, 0.25) is 5.02 Å². The Kier molecular flexibility index (Phi) is 3.57. The van der Waals surface area contributed by atoms with Crippen LogP contribution in [0.25, 0.3) is 0 Å². The molecule has 1 aliphatic heterocycles. The van der Waals surface area contributed by atoms with Gasteiger partial charge >= 0.3 is 0 Å². The Morgan fingerprint density at radius 2 is 2.00 bits per heavy atom. The van der Waals surface area contributed by atoms with Crippen LogP contribution >= 0.6 is 23.2 Å². The van der Waals surface area contributed by atoms with Crippen LogP contribution in [0.15, 0.2) is 47.8 Å². The van der Waals surface area contributed by atoms with Crippen molar-refractivity contribution in [3.05, 3.63) is 58.4 Å². The lowest BCUT2D eigenvalue weighted by atomic mass is 9.95.